The van der Waals surface area contributed by atoms with Crippen LogP contribution in [-0.2, 0) is 6.61 Å². The van der Waals surface area contributed by atoms with Gasteiger partial charge in [-0.05, 0) is 30.3 Å². The minimum atomic E-state index is 0.438. The van der Waals surface area contributed by atoms with Crippen LogP contribution in [0.5, 0.6) is 11.5 Å². The quantitative estimate of drug-likeness (QED) is 0.816. The molecular formula is C14H13ClO2. The lowest BCUT2D eigenvalue weighted by Gasteiger charge is -2.10. The van der Waals surface area contributed by atoms with E-state index >= 15 is 0 Å². The lowest BCUT2D eigenvalue weighted by atomic mass is 10.2. The third kappa shape index (κ3) is 3.14. The number of rotatable bonds is 4. The van der Waals surface area contributed by atoms with Crippen molar-refractivity contribution in [3.05, 3.63) is 59.1 Å². The molecule has 2 rings (SSSR count). The van der Waals surface area contributed by atoms with Crippen molar-refractivity contribution in [1.29, 1.82) is 0 Å². The smallest absolute Gasteiger partial charge is 0.125 e. The molecule has 88 valence electrons. The average Bonchev–Trinajstić information content (AvgIpc) is 2.38. The fourth-order valence-electron chi connectivity index (χ4n) is 1.54. The normalized spacial score (nSPS) is 10.0. The van der Waals surface area contributed by atoms with Crippen LogP contribution in [0.2, 0.25) is 5.02 Å². The van der Waals surface area contributed by atoms with Crippen LogP contribution in [0.1, 0.15) is 5.56 Å². The molecule has 0 aromatic heterocycles. The highest BCUT2D eigenvalue weighted by molar-refractivity contribution is 6.30. The van der Waals surface area contributed by atoms with E-state index in [1.807, 2.05) is 42.5 Å². The van der Waals surface area contributed by atoms with Crippen LogP contribution in [0, 0.1) is 0 Å². The topological polar surface area (TPSA) is 18.5 Å². The maximum Gasteiger partial charge on any atom is 0.125 e. The largest absolute Gasteiger partial charge is 0.496 e. The second-order valence-electron chi connectivity index (χ2n) is 3.56. The lowest BCUT2D eigenvalue weighted by Crippen LogP contribution is -1.98. The Hall–Kier alpha value is -1.67. The molecule has 0 bridgehead atoms. The number of hydrogen-bond donors (Lipinski definition) is 0. The summed E-state index contributed by atoms with van der Waals surface area (Å²) in [4.78, 5) is 0. The molecule has 0 unspecified atom stereocenters. The van der Waals surface area contributed by atoms with Crippen LogP contribution in [0.25, 0.3) is 0 Å². The van der Waals surface area contributed by atoms with Gasteiger partial charge < -0.3 is 9.47 Å². The second-order valence-corrected chi connectivity index (χ2v) is 3.99. The Morgan fingerprint density at radius 1 is 1.06 bits per heavy atom. The molecule has 17 heavy (non-hydrogen) atoms. The van der Waals surface area contributed by atoms with Gasteiger partial charge in [-0.15, -0.1) is 0 Å². The Bertz CT molecular complexity index is 483. The van der Waals surface area contributed by atoms with Crippen molar-refractivity contribution in [1.82, 2.24) is 0 Å². The summed E-state index contributed by atoms with van der Waals surface area (Å²) in [5, 5.41) is 0.678. The standard InChI is InChI=1S/C14H13ClO2/c1-16-14-8-7-12(15)9-11(14)10-17-13-5-3-2-4-6-13/h2-9H,10H2,1H3. The van der Waals surface area contributed by atoms with Crippen LogP contribution in [0.4, 0.5) is 0 Å². The number of ether oxygens (including phenoxy) is 2. The Morgan fingerprint density at radius 3 is 2.53 bits per heavy atom. The van der Waals surface area contributed by atoms with Crippen LogP contribution in [-0.4, -0.2) is 7.11 Å². The Kier molecular flexibility index (Phi) is 3.89. The van der Waals surface area contributed by atoms with Gasteiger partial charge in [-0.1, -0.05) is 29.8 Å². The van der Waals surface area contributed by atoms with Crippen molar-refractivity contribution >= 4 is 11.6 Å². The van der Waals surface area contributed by atoms with Gasteiger partial charge in [-0.3, -0.25) is 0 Å². The summed E-state index contributed by atoms with van der Waals surface area (Å²) in [6, 6.07) is 15.1. The molecular weight excluding hydrogens is 236 g/mol. The van der Waals surface area contributed by atoms with Gasteiger partial charge in [-0.2, -0.15) is 0 Å². The van der Waals surface area contributed by atoms with Gasteiger partial charge in [-0.25, -0.2) is 0 Å². The lowest BCUT2D eigenvalue weighted by molar-refractivity contribution is 0.296. The number of benzene rings is 2. The van der Waals surface area contributed by atoms with Gasteiger partial charge in [0, 0.05) is 10.6 Å². The first-order valence-electron chi connectivity index (χ1n) is 5.30. The SMILES string of the molecule is COc1ccc(Cl)cc1COc1ccccc1. The highest BCUT2D eigenvalue weighted by Gasteiger charge is 2.04. The number of halogens is 1. The van der Waals surface area contributed by atoms with E-state index in [2.05, 4.69) is 0 Å². The molecule has 0 aliphatic heterocycles. The maximum absolute atomic E-state index is 5.94. The van der Waals surface area contributed by atoms with E-state index in [0.717, 1.165) is 17.1 Å². The van der Waals surface area contributed by atoms with E-state index < -0.39 is 0 Å². The van der Waals surface area contributed by atoms with Crippen molar-refractivity contribution in [2.24, 2.45) is 0 Å². The highest BCUT2D eigenvalue weighted by Crippen LogP contribution is 2.24. The molecule has 3 heteroatoms. The maximum atomic E-state index is 5.94. The highest BCUT2D eigenvalue weighted by atomic mass is 35.5. The first kappa shape index (κ1) is 11.8. The van der Waals surface area contributed by atoms with Crippen LogP contribution in [0.3, 0.4) is 0 Å². The van der Waals surface area contributed by atoms with E-state index in [4.69, 9.17) is 21.1 Å². The van der Waals surface area contributed by atoms with Crippen LogP contribution >= 0.6 is 11.6 Å². The van der Waals surface area contributed by atoms with Gasteiger partial charge in [0.25, 0.3) is 0 Å². The molecule has 0 amide bonds. The zero-order valence-corrected chi connectivity index (χ0v) is 10.3. The summed E-state index contributed by atoms with van der Waals surface area (Å²) in [5.74, 6) is 1.61. The third-order valence-electron chi connectivity index (χ3n) is 2.38. The summed E-state index contributed by atoms with van der Waals surface area (Å²) < 4.78 is 10.9. The molecule has 0 aliphatic carbocycles. The summed E-state index contributed by atoms with van der Waals surface area (Å²) in [6.45, 7) is 0.438. The van der Waals surface area contributed by atoms with Gasteiger partial charge in [0.2, 0.25) is 0 Å². The van der Waals surface area contributed by atoms with Gasteiger partial charge in [0.1, 0.15) is 18.1 Å². The fourth-order valence-corrected chi connectivity index (χ4v) is 1.73. The number of para-hydroxylation sites is 1. The molecule has 0 aliphatic rings. The minimum absolute atomic E-state index is 0.438. The van der Waals surface area contributed by atoms with Crippen molar-refractivity contribution < 1.29 is 9.47 Å². The van der Waals surface area contributed by atoms with Gasteiger partial charge >= 0.3 is 0 Å². The van der Waals surface area contributed by atoms with Gasteiger partial charge in [0.05, 0.1) is 7.11 Å². The molecule has 0 saturated carbocycles. The Morgan fingerprint density at radius 2 is 1.82 bits per heavy atom. The molecule has 0 radical (unpaired) electrons. The fraction of sp³-hybridized carbons (Fsp3) is 0.143. The summed E-state index contributed by atoms with van der Waals surface area (Å²) in [5.41, 5.74) is 0.934. The van der Waals surface area contributed by atoms with Crippen molar-refractivity contribution in [2.45, 2.75) is 6.61 Å². The Balaban J connectivity index is 2.11. The first-order valence-corrected chi connectivity index (χ1v) is 5.67. The Labute approximate surface area is 106 Å². The summed E-state index contributed by atoms with van der Waals surface area (Å²) in [7, 11) is 1.63. The molecule has 2 nitrogen and oxygen atoms in total. The van der Waals surface area contributed by atoms with Gasteiger partial charge in [0.15, 0.2) is 0 Å². The molecule has 0 saturated heterocycles. The summed E-state index contributed by atoms with van der Waals surface area (Å²) >= 11 is 5.94. The van der Waals surface area contributed by atoms with Crippen molar-refractivity contribution in [3.63, 3.8) is 0 Å². The predicted molar refractivity (Wildman–Crippen MR) is 68.8 cm³/mol. The average molecular weight is 249 g/mol. The third-order valence-corrected chi connectivity index (χ3v) is 2.62. The molecule has 2 aromatic carbocycles. The van der Waals surface area contributed by atoms with E-state index in [9.17, 15) is 0 Å². The second kappa shape index (κ2) is 5.60. The van der Waals surface area contributed by atoms with E-state index in [0.29, 0.717) is 11.6 Å². The number of methoxy groups -OCH3 is 1. The van der Waals surface area contributed by atoms with E-state index in [1.54, 1.807) is 13.2 Å². The molecule has 0 spiro atoms. The molecule has 0 fully saturated rings. The summed E-state index contributed by atoms with van der Waals surface area (Å²) in [6.07, 6.45) is 0. The first-order chi connectivity index (χ1) is 8.29. The molecule has 0 atom stereocenters. The number of hydrogen-bond acceptors (Lipinski definition) is 2. The van der Waals surface area contributed by atoms with E-state index in [1.165, 1.54) is 0 Å². The molecule has 0 N–H and O–H groups in total. The van der Waals surface area contributed by atoms with Crippen molar-refractivity contribution in [3.8, 4) is 11.5 Å². The van der Waals surface area contributed by atoms with Crippen molar-refractivity contribution in [2.75, 3.05) is 7.11 Å². The monoisotopic (exact) mass is 248 g/mol. The van der Waals surface area contributed by atoms with Crippen LogP contribution in [0.15, 0.2) is 48.5 Å². The van der Waals surface area contributed by atoms with E-state index in [-0.39, 0.29) is 0 Å². The van der Waals surface area contributed by atoms with Crippen LogP contribution < -0.4 is 9.47 Å². The molecule has 0 heterocycles. The predicted octanol–water partition coefficient (Wildman–Crippen LogP) is 3.93. The molecule has 2 aromatic rings. The zero-order valence-electron chi connectivity index (χ0n) is 9.52. The minimum Gasteiger partial charge on any atom is -0.496 e. The zero-order chi connectivity index (χ0) is 12.1.